The quantitative estimate of drug-likeness (QED) is 0.437. The molecule has 9 nitrogen and oxygen atoms in total. The number of carboxylic acids is 1. The zero-order valence-corrected chi connectivity index (χ0v) is 21.2. The van der Waals surface area contributed by atoms with E-state index in [9.17, 15) is 19.2 Å². The molecule has 1 atom stereocenters. The van der Waals surface area contributed by atoms with Crippen molar-refractivity contribution in [2.24, 2.45) is 5.73 Å². The van der Waals surface area contributed by atoms with E-state index in [1.165, 1.54) is 9.80 Å². The minimum absolute atomic E-state index is 0.0968. The van der Waals surface area contributed by atoms with Gasteiger partial charge in [0.25, 0.3) is 11.8 Å². The van der Waals surface area contributed by atoms with E-state index in [0.717, 1.165) is 0 Å². The van der Waals surface area contributed by atoms with Gasteiger partial charge in [-0.15, -0.1) is 0 Å². The summed E-state index contributed by atoms with van der Waals surface area (Å²) in [5.74, 6) is 3.61. The minimum atomic E-state index is -1.06. The van der Waals surface area contributed by atoms with Crippen LogP contribution in [0.3, 0.4) is 0 Å². The van der Waals surface area contributed by atoms with Gasteiger partial charge in [-0.25, -0.2) is 0 Å². The summed E-state index contributed by atoms with van der Waals surface area (Å²) in [7, 11) is 0. The molecule has 3 N–H and O–H groups in total. The molecule has 0 aliphatic carbocycles. The first kappa shape index (κ1) is 27.4. The highest BCUT2D eigenvalue weighted by Gasteiger charge is 2.32. The highest BCUT2D eigenvalue weighted by molar-refractivity contribution is 6.13. The van der Waals surface area contributed by atoms with Crippen molar-refractivity contribution in [3.05, 3.63) is 59.7 Å². The van der Waals surface area contributed by atoms with Crippen LogP contribution in [0.1, 0.15) is 56.0 Å². The van der Waals surface area contributed by atoms with Crippen LogP contribution in [0.4, 0.5) is 11.4 Å². The SMILES string of the molecule is CC(C)(C)OC(=O)C(N)CCC#Cc1ccc2c(c1)C(=O)N(CCC(=O)O)CC(=O)N2c1ccccc1. The van der Waals surface area contributed by atoms with E-state index in [-0.39, 0.29) is 31.0 Å². The molecule has 1 aliphatic heterocycles. The second kappa shape index (κ2) is 11.7. The maximum Gasteiger partial charge on any atom is 0.323 e. The van der Waals surface area contributed by atoms with Gasteiger partial charge in [0.15, 0.2) is 0 Å². The van der Waals surface area contributed by atoms with Gasteiger partial charge in [-0.3, -0.25) is 24.1 Å². The Balaban J connectivity index is 1.86. The van der Waals surface area contributed by atoms with Crippen molar-refractivity contribution >= 4 is 35.1 Å². The average Bonchev–Trinajstić information content (AvgIpc) is 2.93. The lowest BCUT2D eigenvalue weighted by Gasteiger charge is -2.22. The number of fused-ring (bicyclic) bond motifs is 1. The van der Waals surface area contributed by atoms with E-state index in [1.807, 2.05) is 6.07 Å². The third-order valence-corrected chi connectivity index (χ3v) is 5.46. The van der Waals surface area contributed by atoms with Crippen molar-refractivity contribution in [1.29, 1.82) is 0 Å². The van der Waals surface area contributed by atoms with Gasteiger partial charge < -0.3 is 20.5 Å². The van der Waals surface area contributed by atoms with Crippen LogP contribution in [0.2, 0.25) is 0 Å². The largest absolute Gasteiger partial charge is 0.481 e. The summed E-state index contributed by atoms with van der Waals surface area (Å²) in [6, 6.07) is 13.1. The molecule has 9 heteroatoms. The number of rotatable bonds is 7. The number of para-hydroxylation sites is 1. The first-order chi connectivity index (χ1) is 17.5. The van der Waals surface area contributed by atoms with E-state index in [1.54, 1.807) is 63.2 Å². The predicted molar refractivity (Wildman–Crippen MR) is 138 cm³/mol. The van der Waals surface area contributed by atoms with Crippen LogP contribution in [-0.4, -0.2) is 58.5 Å². The Morgan fingerprint density at radius 3 is 2.49 bits per heavy atom. The number of nitrogens with zero attached hydrogens (tertiary/aromatic N) is 2. The molecule has 194 valence electrons. The van der Waals surface area contributed by atoms with Crippen LogP contribution in [0.5, 0.6) is 0 Å². The minimum Gasteiger partial charge on any atom is -0.481 e. The maximum absolute atomic E-state index is 13.4. The number of esters is 1. The molecule has 0 aromatic heterocycles. The first-order valence-corrected chi connectivity index (χ1v) is 12.0. The van der Waals surface area contributed by atoms with Crippen LogP contribution in [0.15, 0.2) is 48.5 Å². The van der Waals surface area contributed by atoms with Crippen LogP contribution in [-0.2, 0) is 19.1 Å². The number of amides is 2. The van der Waals surface area contributed by atoms with Crippen molar-refractivity contribution in [2.45, 2.75) is 51.7 Å². The molecule has 0 bridgehead atoms. The first-order valence-electron chi connectivity index (χ1n) is 12.0. The molecule has 0 saturated carbocycles. The number of ether oxygens (including phenoxy) is 1. The summed E-state index contributed by atoms with van der Waals surface area (Å²) in [4.78, 5) is 52.4. The van der Waals surface area contributed by atoms with Gasteiger partial charge in [0.1, 0.15) is 18.2 Å². The Hall–Kier alpha value is -4.16. The second-order valence-electron chi connectivity index (χ2n) is 9.65. The van der Waals surface area contributed by atoms with Gasteiger partial charge in [0.2, 0.25) is 0 Å². The lowest BCUT2D eigenvalue weighted by atomic mass is 10.1. The van der Waals surface area contributed by atoms with E-state index in [4.69, 9.17) is 15.6 Å². The molecular formula is C28H31N3O6. The predicted octanol–water partition coefficient (Wildman–Crippen LogP) is 3.08. The van der Waals surface area contributed by atoms with Crippen molar-refractivity contribution in [3.8, 4) is 11.8 Å². The van der Waals surface area contributed by atoms with Crippen molar-refractivity contribution in [3.63, 3.8) is 0 Å². The molecule has 0 radical (unpaired) electrons. The number of aliphatic carboxylic acids is 1. The lowest BCUT2D eigenvalue weighted by Crippen LogP contribution is -2.38. The number of anilines is 2. The molecule has 2 amide bonds. The molecule has 0 fully saturated rings. The van der Waals surface area contributed by atoms with Gasteiger partial charge in [-0.05, 0) is 57.5 Å². The fourth-order valence-electron chi connectivity index (χ4n) is 3.75. The normalized spacial score (nSPS) is 14.3. The summed E-state index contributed by atoms with van der Waals surface area (Å²) >= 11 is 0. The third-order valence-electron chi connectivity index (χ3n) is 5.46. The Kier molecular flexibility index (Phi) is 8.69. The molecule has 37 heavy (non-hydrogen) atoms. The molecule has 1 aliphatic rings. The van der Waals surface area contributed by atoms with Crippen molar-refractivity contribution in [2.75, 3.05) is 18.0 Å². The van der Waals surface area contributed by atoms with Gasteiger partial charge in [0, 0.05) is 24.2 Å². The smallest absolute Gasteiger partial charge is 0.323 e. The maximum atomic E-state index is 13.4. The number of nitrogens with two attached hydrogens (primary N) is 1. The second-order valence-corrected chi connectivity index (χ2v) is 9.65. The van der Waals surface area contributed by atoms with Crippen molar-refractivity contribution in [1.82, 2.24) is 4.90 Å². The number of hydrogen-bond donors (Lipinski definition) is 2. The fourth-order valence-corrected chi connectivity index (χ4v) is 3.75. The van der Waals surface area contributed by atoms with Gasteiger partial charge in [0.05, 0.1) is 17.7 Å². The van der Waals surface area contributed by atoms with Crippen LogP contribution in [0.25, 0.3) is 0 Å². The molecular weight excluding hydrogens is 474 g/mol. The van der Waals surface area contributed by atoms with Crippen LogP contribution in [0, 0.1) is 11.8 Å². The standard InChI is InChI=1S/C28H31N3O6/c1-28(2,3)37-27(36)22(29)12-8-7-9-19-13-14-23-21(17-19)26(35)30(16-15-25(33)34)18-24(32)31(23)20-10-5-4-6-11-20/h4-6,10-11,13-14,17,22H,8,12,15-16,18,29H2,1-3H3,(H,33,34). The van der Waals surface area contributed by atoms with Crippen LogP contribution < -0.4 is 10.6 Å². The van der Waals surface area contributed by atoms with Gasteiger partial charge in [-0.1, -0.05) is 30.0 Å². The van der Waals surface area contributed by atoms with Crippen molar-refractivity contribution < 1.29 is 29.0 Å². The molecule has 2 aromatic carbocycles. The highest BCUT2D eigenvalue weighted by atomic mass is 16.6. The number of carbonyl (C=O) groups excluding carboxylic acids is 3. The monoisotopic (exact) mass is 505 g/mol. The number of hydrogen-bond acceptors (Lipinski definition) is 6. The zero-order valence-electron chi connectivity index (χ0n) is 21.2. The third kappa shape index (κ3) is 7.41. The summed E-state index contributed by atoms with van der Waals surface area (Å²) in [5.41, 5.74) is 7.07. The Morgan fingerprint density at radius 2 is 1.84 bits per heavy atom. The summed E-state index contributed by atoms with van der Waals surface area (Å²) in [5, 5.41) is 9.10. The molecule has 2 aromatic rings. The summed E-state index contributed by atoms with van der Waals surface area (Å²) in [6.45, 7) is 4.96. The highest BCUT2D eigenvalue weighted by Crippen LogP contribution is 2.33. The van der Waals surface area contributed by atoms with E-state index in [2.05, 4.69) is 11.8 Å². The molecule has 1 unspecified atom stereocenters. The number of carboxylic acid groups (broad SMARTS) is 1. The van der Waals surface area contributed by atoms with E-state index in [0.29, 0.717) is 29.8 Å². The van der Waals surface area contributed by atoms with Gasteiger partial charge in [-0.2, -0.15) is 0 Å². The Bertz CT molecular complexity index is 1240. The molecule has 3 rings (SSSR count). The molecule has 1 heterocycles. The number of benzene rings is 2. The summed E-state index contributed by atoms with van der Waals surface area (Å²) < 4.78 is 5.28. The Morgan fingerprint density at radius 1 is 1.14 bits per heavy atom. The van der Waals surface area contributed by atoms with E-state index >= 15 is 0 Å². The zero-order chi connectivity index (χ0) is 27.2. The topological polar surface area (TPSA) is 130 Å². The molecule has 0 spiro atoms. The summed E-state index contributed by atoms with van der Waals surface area (Å²) in [6.07, 6.45) is 0.368. The van der Waals surface area contributed by atoms with Crippen LogP contribution >= 0.6 is 0 Å². The lowest BCUT2D eigenvalue weighted by molar-refractivity contribution is -0.156. The van der Waals surface area contributed by atoms with E-state index < -0.39 is 29.5 Å². The average molecular weight is 506 g/mol. The Labute approximate surface area is 216 Å². The van der Waals surface area contributed by atoms with Gasteiger partial charge >= 0.3 is 11.9 Å². The fraction of sp³-hybridized carbons (Fsp3) is 0.357. The number of carbonyl (C=O) groups is 4. The molecule has 0 saturated heterocycles.